The van der Waals surface area contributed by atoms with E-state index in [-0.39, 0.29) is 13.2 Å². The SMILES string of the molecule is CCOC(=O)[C@@H](CO)[C@@H](O)CCCCCc1cccc2ccccc12. The Labute approximate surface area is 149 Å². The highest BCUT2D eigenvalue weighted by Crippen LogP contribution is 2.21. The van der Waals surface area contributed by atoms with Crippen LogP contribution in [-0.4, -0.2) is 35.5 Å². The molecule has 2 aromatic carbocycles. The number of aliphatic hydroxyl groups is 2. The molecule has 25 heavy (non-hydrogen) atoms. The molecule has 0 aliphatic rings. The monoisotopic (exact) mass is 344 g/mol. The van der Waals surface area contributed by atoms with Crippen LogP contribution in [0.1, 0.15) is 38.2 Å². The summed E-state index contributed by atoms with van der Waals surface area (Å²) in [7, 11) is 0. The quantitative estimate of drug-likeness (QED) is 0.511. The molecule has 2 rings (SSSR count). The number of hydrogen-bond acceptors (Lipinski definition) is 4. The average molecular weight is 344 g/mol. The van der Waals surface area contributed by atoms with Crippen LogP contribution in [0.3, 0.4) is 0 Å². The number of ether oxygens (including phenoxy) is 1. The first-order valence-corrected chi connectivity index (χ1v) is 9.09. The van der Waals surface area contributed by atoms with Crippen LogP contribution in [0, 0.1) is 5.92 Å². The van der Waals surface area contributed by atoms with E-state index < -0.39 is 18.0 Å². The van der Waals surface area contributed by atoms with Gasteiger partial charge >= 0.3 is 5.97 Å². The summed E-state index contributed by atoms with van der Waals surface area (Å²) in [6.07, 6.45) is 3.48. The zero-order chi connectivity index (χ0) is 18.1. The van der Waals surface area contributed by atoms with E-state index in [1.807, 2.05) is 0 Å². The largest absolute Gasteiger partial charge is 0.466 e. The standard InChI is InChI=1S/C21H28O4/c1-2-25-21(24)19(15-22)20(23)14-5-3-4-9-16-11-8-12-17-10-6-7-13-18(16)17/h6-8,10-13,19-20,22-23H,2-5,9,14-15H2,1H3/t19-,20-/m0/s1. The van der Waals surface area contributed by atoms with Gasteiger partial charge in [-0.1, -0.05) is 55.3 Å². The van der Waals surface area contributed by atoms with Crippen LogP contribution in [0.25, 0.3) is 10.8 Å². The Morgan fingerprint density at radius 1 is 1.08 bits per heavy atom. The molecular weight excluding hydrogens is 316 g/mol. The van der Waals surface area contributed by atoms with Crippen molar-refractivity contribution in [3.05, 3.63) is 48.0 Å². The first kappa shape index (κ1) is 19.4. The fourth-order valence-electron chi connectivity index (χ4n) is 3.16. The summed E-state index contributed by atoms with van der Waals surface area (Å²) in [5.74, 6) is -1.36. The van der Waals surface area contributed by atoms with E-state index in [4.69, 9.17) is 4.74 Å². The summed E-state index contributed by atoms with van der Waals surface area (Å²) in [5, 5.41) is 21.9. The van der Waals surface area contributed by atoms with Gasteiger partial charge in [0.2, 0.25) is 0 Å². The Kier molecular flexibility index (Phi) is 7.89. The highest BCUT2D eigenvalue weighted by Gasteiger charge is 2.26. The summed E-state index contributed by atoms with van der Waals surface area (Å²) in [5.41, 5.74) is 1.35. The molecule has 0 saturated heterocycles. The summed E-state index contributed by atoms with van der Waals surface area (Å²) in [6.45, 7) is 1.59. The van der Waals surface area contributed by atoms with Gasteiger partial charge in [-0.15, -0.1) is 0 Å². The lowest BCUT2D eigenvalue weighted by atomic mass is 9.96. The lowest BCUT2D eigenvalue weighted by molar-refractivity contribution is -0.154. The van der Waals surface area contributed by atoms with Crippen molar-refractivity contribution in [1.29, 1.82) is 0 Å². The van der Waals surface area contributed by atoms with Crippen molar-refractivity contribution in [2.24, 2.45) is 5.92 Å². The molecule has 2 N–H and O–H groups in total. The van der Waals surface area contributed by atoms with Gasteiger partial charge in [-0.25, -0.2) is 0 Å². The lowest BCUT2D eigenvalue weighted by Crippen LogP contribution is -2.32. The van der Waals surface area contributed by atoms with E-state index in [0.29, 0.717) is 6.42 Å². The van der Waals surface area contributed by atoms with Crippen molar-refractivity contribution < 1.29 is 19.7 Å². The number of carbonyl (C=O) groups is 1. The lowest BCUT2D eigenvalue weighted by Gasteiger charge is -2.19. The minimum atomic E-state index is -0.846. The Balaban J connectivity index is 1.76. The van der Waals surface area contributed by atoms with Crippen molar-refractivity contribution in [1.82, 2.24) is 0 Å². The van der Waals surface area contributed by atoms with E-state index in [2.05, 4.69) is 42.5 Å². The third kappa shape index (κ3) is 5.55. The van der Waals surface area contributed by atoms with Crippen molar-refractivity contribution in [2.75, 3.05) is 13.2 Å². The first-order valence-electron chi connectivity index (χ1n) is 9.09. The van der Waals surface area contributed by atoms with Crippen molar-refractivity contribution in [3.8, 4) is 0 Å². The van der Waals surface area contributed by atoms with Gasteiger partial charge in [0.05, 0.1) is 19.3 Å². The van der Waals surface area contributed by atoms with Gasteiger partial charge in [0.1, 0.15) is 5.92 Å². The molecule has 0 spiro atoms. The molecule has 0 bridgehead atoms. The predicted molar refractivity (Wildman–Crippen MR) is 99.3 cm³/mol. The number of aliphatic hydroxyl groups excluding tert-OH is 2. The zero-order valence-corrected chi connectivity index (χ0v) is 14.9. The molecule has 0 heterocycles. The second kappa shape index (κ2) is 10.2. The summed E-state index contributed by atoms with van der Waals surface area (Å²) in [4.78, 5) is 11.7. The molecule has 2 aromatic rings. The number of esters is 1. The number of benzene rings is 2. The van der Waals surface area contributed by atoms with Gasteiger partial charge in [-0.05, 0) is 42.5 Å². The molecule has 0 saturated carbocycles. The van der Waals surface area contributed by atoms with Gasteiger partial charge in [0, 0.05) is 0 Å². The van der Waals surface area contributed by atoms with Crippen molar-refractivity contribution in [2.45, 2.75) is 45.1 Å². The zero-order valence-electron chi connectivity index (χ0n) is 14.9. The van der Waals surface area contributed by atoms with E-state index in [9.17, 15) is 15.0 Å². The van der Waals surface area contributed by atoms with E-state index >= 15 is 0 Å². The van der Waals surface area contributed by atoms with Crippen LogP contribution in [-0.2, 0) is 16.0 Å². The van der Waals surface area contributed by atoms with Crippen molar-refractivity contribution in [3.63, 3.8) is 0 Å². The minimum Gasteiger partial charge on any atom is -0.466 e. The van der Waals surface area contributed by atoms with E-state index in [1.54, 1.807) is 6.92 Å². The minimum absolute atomic E-state index is 0.257. The summed E-state index contributed by atoms with van der Waals surface area (Å²) < 4.78 is 4.88. The molecule has 4 heteroatoms. The second-order valence-electron chi connectivity index (χ2n) is 6.35. The molecule has 0 aliphatic heterocycles. The molecule has 2 atom stereocenters. The average Bonchev–Trinajstić information content (AvgIpc) is 2.62. The van der Waals surface area contributed by atoms with Crippen LogP contribution in [0.15, 0.2) is 42.5 Å². The highest BCUT2D eigenvalue weighted by atomic mass is 16.5. The Morgan fingerprint density at radius 3 is 2.60 bits per heavy atom. The molecule has 0 aromatic heterocycles. The number of aryl methyl sites for hydroxylation is 1. The fourth-order valence-corrected chi connectivity index (χ4v) is 3.16. The Hall–Kier alpha value is -1.91. The Bertz CT molecular complexity index is 662. The number of fused-ring (bicyclic) bond motifs is 1. The smallest absolute Gasteiger partial charge is 0.313 e. The predicted octanol–water partition coefficient (Wildman–Crippen LogP) is 3.48. The topological polar surface area (TPSA) is 66.8 Å². The fraction of sp³-hybridized carbons (Fsp3) is 0.476. The maximum atomic E-state index is 11.7. The van der Waals surface area contributed by atoms with Crippen molar-refractivity contribution >= 4 is 16.7 Å². The molecule has 4 nitrogen and oxygen atoms in total. The normalized spacial score (nSPS) is 13.6. The van der Waals surface area contributed by atoms with Gasteiger partial charge in [0.15, 0.2) is 0 Å². The van der Waals surface area contributed by atoms with Crippen LogP contribution >= 0.6 is 0 Å². The van der Waals surface area contributed by atoms with Gasteiger partial charge in [0.25, 0.3) is 0 Å². The van der Waals surface area contributed by atoms with Gasteiger partial charge < -0.3 is 14.9 Å². The van der Waals surface area contributed by atoms with Crippen LogP contribution in [0.2, 0.25) is 0 Å². The number of rotatable bonds is 10. The third-order valence-corrected chi connectivity index (χ3v) is 4.58. The molecule has 0 unspecified atom stereocenters. The van der Waals surface area contributed by atoms with E-state index in [1.165, 1.54) is 16.3 Å². The van der Waals surface area contributed by atoms with E-state index in [0.717, 1.165) is 25.7 Å². The molecule has 0 amide bonds. The molecule has 0 aliphatic carbocycles. The number of carbonyl (C=O) groups excluding carboxylic acids is 1. The summed E-state index contributed by atoms with van der Waals surface area (Å²) in [6, 6.07) is 14.8. The number of unbranched alkanes of at least 4 members (excludes halogenated alkanes) is 2. The Morgan fingerprint density at radius 2 is 1.84 bits per heavy atom. The van der Waals surface area contributed by atoms with Crippen LogP contribution in [0.5, 0.6) is 0 Å². The molecule has 0 radical (unpaired) electrons. The van der Waals surface area contributed by atoms with Crippen LogP contribution in [0.4, 0.5) is 0 Å². The second-order valence-corrected chi connectivity index (χ2v) is 6.35. The number of hydrogen-bond donors (Lipinski definition) is 2. The van der Waals surface area contributed by atoms with Gasteiger partial charge in [-0.3, -0.25) is 4.79 Å². The summed E-state index contributed by atoms with van der Waals surface area (Å²) >= 11 is 0. The third-order valence-electron chi connectivity index (χ3n) is 4.58. The molecular formula is C21H28O4. The highest BCUT2D eigenvalue weighted by molar-refractivity contribution is 5.85. The maximum Gasteiger partial charge on any atom is 0.313 e. The first-order chi connectivity index (χ1) is 12.2. The van der Waals surface area contributed by atoms with Gasteiger partial charge in [-0.2, -0.15) is 0 Å². The molecule has 0 fully saturated rings. The van der Waals surface area contributed by atoms with Crippen LogP contribution < -0.4 is 0 Å². The maximum absolute atomic E-state index is 11.7. The molecule has 136 valence electrons.